The molecule has 5 rings (SSSR count). The molecule has 4 heterocycles. The minimum absolute atomic E-state index is 0.0779. The largest absolute Gasteiger partial charge is 0.477 e. The molecule has 0 radical (unpaired) electrons. The van der Waals surface area contributed by atoms with Gasteiger partial charge >= 0.3 is 5.97 Å². The average molecular weight is 308 g/mol. The maximum Gasteiger partial charge on any atom is 0.352 e. The Balaban J connectivity index is 1.92. The number of aliphatic carboxylic acids is 1. The summed E-state index contributed by atoms with van der Waals surface area (Å²) in [6.45, 7) is 4.44. The van der Waals surface area contributed by atoms with Crippen LogP contribution in [-0.2, 0) is 11.2 Å². The minimum Gasteiger partial charge on any atom is -0.477 e. The second-order valence-electron chi connectivity index (χ2n) is 7.35. The molecular weight excluding hydrogens is 288 g/mol. The lowest BCUT2D eigenvalue weighted by atomic mass is 9.69. The summed E-state index contributed by atoms with van der Waals surface area (Å²) in [6.07, 6.45) is 5.25. The summed E-state index contributed by atoms with van der Waals surface area (Å²) in [5, 5.41) is 11.1. The number of aromatic nitrogens is 1. The Labute approximate surface area is 135 Å². The SMILES string of the molecule is C[C@@]12C=C(C(=O)O)n3c4c(c5ccccc53)CCN(CCC1)[C@H]42. The maximum absolute atomic E-state index is 12.0. The molecule has 0 amide bonds. The molecule has 0 bridgehead atoms. The van der Waals surface area contributed by atoms with Crippen molar-refractivity contribution in [2.45, 2.75) is 32.2 Å². The summed E-state index contributed by atoms with van der Waals surface area (Å²) in [4.78, 5) is 14.5. The Morgan fingerprint density at radius 1 is 1.30 bits per heavy atom. The summed E-state index contributed by atoms with van der Waals surface area (Å²) < 4.78 is 2.02. The number of rotatable bonds is 1. The zero-order valence-electron chi connectivity index (χ0n) is 13.2. The maximum atomic E-state index is 12.0. The first kappa shape index (κ1) is 13.4. The molecule has 1 aromatic carbocycles. The molecule has 3 aliphatic rings. The number of hydrogen-bond acceptors (Lipinski definition) is 2. The van der Waals surface area contributed by atoms with E-state index in [9.17, 15) is 9.90 Å². The highest BCUT2D eigenvalue weighted by Crippen LogP contribution is 2.55. The third-order valence-corrected chi connectivity index (χ3v) is 6.01. The predicted molar refractivity (Wildman–Crippen MR) is 89.2 cm³/mol. The van der Waals surface area contributed by atoms with Gasteiger partial charge in [-0.15, -0.1) is 0 Å². The number of benzene rings is 1. The van der Waals surface area contributed by atoms with Crippen LogP contribution in [0.1, 0.15) is 37.1 Å². The van der Waals surface area contributed by atoms with Gasteiger partial charge in [-0.2, -0.15) is 0 Å². The van der Waals surface area contributed by atoms with E-state index in [1.165, 1.54) is 16.6 Å². The van der Waals surface area contributed by atoms with E-state index in [2.05, 4.69) is 30.0 Å². The van der Waals surface area contributed by atoms with Gasteiger partial charge in [0, 0.05) is 23.0 Å². The van der Waals surface area contributed by atoms with Crippen LogP contribution in [0.3, 0.4) is 0 Å². The fraction of sp³-hybridized carbons (Fsp3) is 0.421. The number of fused-ring (bicyclic) bond motifs is 3. The number of para-hydroxylation sites is 1. The van der Waals surface area contributed by atoms with Gasteiger partial charge in [-0.25, -0.2) is 4.79 Å². The molecule has 2 atom stereocenters. The highest BCUT2D eigenvalue weighted by atomic mass is 16.4. The Hall–Kier alpha value is -2.07. The van der Waals surface area contributed by atoms with Crippen molar-refractivity contribution in [3.63, 3.8) is 0 Å². The van der Waals surface area contributed by atoms with E-state index < -0.39 is 5.97 Å². The number of carboxylic acid groups (broad SMARTS) is 1. The highest BCUT2D eigenvalue weighted by molar-refractivity contribution is 6.12. The first-order chi connectivity index (χ1) is 11.1. The van der Waals surface area contributed by atoms with Gasteiger partial charge < -0.3 is 9.67 Å². The molecule has 1 saturated heterocycles. The number of carbonyl (C=O) groups is 1. The highest BCUT2D eigenvalue weighted by Gasteiger charge is 2.49. The first-order valence-corrected chi connectivity index (χ1v) is 8.43. The first-order valence-electron chi connectivity index (χ1n) is 8.43. The molecule has 0 saturated carbocycles. The standard InChI is InChI=1S/C19H20N2O2/c1-19-8-4-9-20-10-7-13-12-5-2-3-6-14(12)21(16(13)17(19)20)15(11-19)18(22)23/h2-3,5-6,11,17H,4,7-10H2,1H3,(H,22,23)/t17-,19+/m1/s1. The molecule has 2 aromatic rings. The average Bonchev–Trinajstić information content (AvgIpc) is 2.87. The molecule has 0 unspecified atom stereocenters. The summed E-state index contributed by atoms with van der Waals surface area (Å²) in [6, 6.07) is 8.58. The van der Waals surface area contributed by atoms with Crippen LogP contribution in [-0.4, -0.2) is 33.6 Å². The van der Waals surface area contributed by atoms with E-state index in [0.717, 1.165) is 37.9 Å². The van der Waals surface area contributed by atoms with Crippen LogP contribution >= 0.6 is 0 Å². The summed E-state index contributed by atoms with van der Waals surface area (Å²) in [5.74, 6) is -0.823. The number of piperidine rings is 1. The lowest BCUT2D eigenvalue weighted by Gasteiger charge is -2.52. The normalized spacial score (nSPS) is 29.3. The number of nitrogens with zero attached hydrogens (tertiary/aromatic N) is 2. The Bertz CT molecular complexity index is 879. The van der Waals surface area contributed by atoms with E-state index in [4.69, 9.17) is 0 Å². The molecule has 0 aliphatic carbocycles. The Morgan fingerprint density at radius 2 is 2.13 bits per heavy atom. The van der Waals surface area contributed by atoms with Crippen LogP contribution in [0.25, 0.3) is 16.6 Å². The smallest absolute Gasteiger partial charge is 0.352 e. The zero-order valence-corrected chi connectivity index (χ0v) is 13.2. The summed E-state index contributed by atoms with van der Waals surface area (Å²) in [5.41, 5.74) is 4.00. The molecular formula is C19H20N2O2. The van der Waals surface area contributed by atoms with Gasteiger partial charge in [0.2, 0.25) is 0 Å². The van der Waals surface area contributed by atoms with Gasteiger partial charge in [-0.05, 0) is 43.5 Å². The molecule has 0 spiro atoms. The fourth-order valence-corrected chi connectivity index (χ4v) is 5.15. The van der Waals surface area contributed by atoms with Crippen molar-refractivity contribution in [1.29, 1.82) is 0 Å². The summed E-state index contributed by atoms with van der Waals surface area (Å²) >= 11 is 0. The molecule has 1 aromatic heterocycles. The second-order valence-corrected chi connectivity index (χ2v) is 7.35. The van der Waals surface area contributed by atoms with Crippen LogP contribution in [0.15, 0.2) is 30.3 Å². The van der Waals surface area contributed by atoms with E-state index in [1.54, 1.807) is 0 Å². The molecule has 23 heavy (non-hydrogen) atoms. The van der Waals surface area contributed by atoms with E-state index in [-0.39, 0.29) is 5.41 Å². The van der Waals surface area contributed by atoms with Gasteiger partial charge in [0.25, 0.3) is 0 Å². The fourth-order valence-electron chi connectivity index (χ4n) is 5.15. The monoisotopic (exact) mass is 308 g/mol. The van der Waals surface area contributed by atoms with Gasteiger partial charge in [0.1, 0.15) is 5.70 Å². The van der Waals surface area contributed by atoms with Crippen LogP contribution < -0.4 is 0 Å². The number of hydrogen-bond donors (Lipinski definition) is 1. The Morgan fingerprint density at radius 3 is 2.96 bits per heavy atom. The minimum atomic E-state index is -0.823. The van der Waals surface area contributed by atoms with Crippen LogP contribution in [0.5, 0.6) is 0 Å². The van der Waals surface area contributed by atoms with Crippen LogP contribution in [0.4, 0.5) is 0 Å². The van der Waals surface area contributed by atoms with Gasteiger partial charge in [-0.1, -0.05) is 25.1 Å². The van der Waals surface area contributed by atoms with Crippen LogP contribution in [0.2, 0.25) is 0 Å². The van der Waals surface area contributed by atoms with E-state index >= 15 is 0 Å². The van der Waals surface area contributed by atoms with Crippen molar-refractivity contribution in [2.24, 2.45) is 5.41 Å². The van der Waals surface area contributed by atoms with Crippen molar-refractivity contribution < 1.29 is 9.90 Å². The molecule has 4 nitrogen and oxygen atoms in total. The predicted octanol–water partition coefficient (Wildman–Crippen LogP) is 3.28. The lowest BCUT2D eigenvalue weighted by molar-refractivity contribution is -0.131. The molecule has 3 aliphatic heterocycles. The molecule has 1 N–H and O–H groups in total. The Kier molecular flexibility index (Phi) is 2.48. The van der Waals surface area contributed by atoms with E-state index in [0.29, 0.717) is 11.7 Å². The number of carboxylic acids is 1. The zero-order chi connectivity index (χ0) is 15.8. The van der Waals surface area contributed by atoms with Crippen molar-refractivity contribution in [1.82, 2.24) is 9.47 Å². The molecule has 118 valence electrons. The molecule has 1 fully saturated rings. The van der Waals surface area contributed by atoms with Crippen molar-refractivity contribution in [3.05, 3.63) is 41.6 Å². The quantitative estimate of drug-likeness (QED) is 0.879. The summed E-state index contributed by atoms with van der Waals surface area (Å²) in [7, 11) is 0. The van der Waals surface area contributed by atoms with Gasteiger partial charge in [0.15, 0.2) is 0 Å². The lowest BCUT2D eigenvalue weighted by Crippen LogP contribution is -2.50. The van der Waals surface area contributed by atoms with Crippen LogP contribution in [0, 0.1) is 5.41 Å². The van der Waals surface area contributed by atoms with Crippen molar-refractivity contribution >= 4 is 22.6 Å². The van der Waals surface area contributed by atoms with E-state index in [1.807, 2.05) is 16.7 Å². The second kappa shape index (κ2) is 4.26. The van der Waals surface area contributed by atoms with Gasteiger partial charge in [-0.3, -0.25) is 4.90 Å². The molecule has 4 heteroatoms. The third kappa shape index (κ3) is 1.57. The van der Waals surface area contributed by atoms with Crippen molar-refractivity contribution in [3.8, 4) is 0 Å². The topological polar surface area (TPSA) is 45.5 Å². The van der Waals surface area contributed by atoms with Gasteiger partial charge in [0.05, 0.1) is 11.6 Å². The third-order valence-electron chi connectivity index (χ3n) is 6.01. The van der Waals surface area contributed by atoms with Crippen molar-refractivity contribution in [2.75, 3.05) is 13.1 Å².